The van der Waals surface area contributed by atoms with Gasteiger partial charge in [0.25, 0.3) is 0 Å². The Morgan fingerprint density at radius 1 is 1.11 bits per heavy atom. The van der Waals surface area contributed by atoms with Gasteiger partial charge in [0.05, 0.1) is 0 Å². The van der Waals surface area contributed by atoms with E-state index in [1.807, 2.05) is 49.9 Å². The normalized spacial score (nSPS) is 14.5. The van der Waals surface area contributed by atoms with Crippen molar-refractivity contribution in [2.45, 2.75) is 47.0 Å². The summed E-state index contributed by atoms with van der Waals surface area (Å²) in [6.45, 7) is 8.60. The molecule has 0 radical (unpaired) electrons. The maximum Gasteiger partial charge on any atom is 0.230 e. The van der Waals surface area contributed by atoms with Crippen molar-refractivity contribution >= 4 is 23.2 Å². The van der Waals surface area contributed by atoms with Crippen molar-refractivity contribution in [3.05, 3.63) is 59.2 Å². The van der Waals surface area contributed by atoms with E-state index in [9.17, 15) is 9.59 Å². The summed E-state index contributed by atoms with van der Waals surface area (Å²) in [5.74, 6) is -0.0123. The second-order valence-corrected chi connectivity index (χ2v) is 8.13. The van der Waals surface area contributed by atoms with Gasteiger partial charge in [-0.3, -0.25) is 9.59 Å². The summed E-state index contributed by atoms with van der Waals surface area (Å²) in [7, 11) is 0. The summed E-state index contributed by atoms with van der Waals surface area (Å²) in [6.07, 6.45) is 2.69. The Morgan fingerprint density at radius 2 is 1.86 bits per heavy atom. The fourth-order valence-corrected chi connectivity index (χ4v) is 3.84. The van der Waals surface area contributed by atoms with Crippen LogP contribution < -0.4 is 10.2 Å². The highest BCUT2D eigenvalue weighted by Gasteiger charge is 2.27. The molecule has 1 aliphatic heterocycles. The first-order chi connectivity index (χ1) is 13.4. The molecule has 0 aromatic heterocycles. The van der Waals surface area contributed by atoms with Crippen LogP contribution in [0.25, 0.3) is 0 Å². The monoisotopic (exact) mass is 378 g/mol. The molecule has 0 aliphatic carbocycles. The van der Waals surface area contributed by atoms with Gasteiger partial charge >= 0.3 is 0 Å². The molecule has 3 rings (SSSR count). The quantitative estimate of drug-likeness (QED) is 0.816. The summed E-state index contributed by atoms with van der Waals surface area (Å²) < 4.78 is 0. The molecule has 4 nitrogen and oxygen atoms in total. The zero-order chi connectivity index (χ0) is 20.3. The van der Waals surface area contributed by atoms with Crippen molar-refractivity contribution in [3.8, 4) is 0 Å². The van der Waals surface area contributed by atoms with Gasteiger partial charge in [-0.05, 0) is 55.0 Å². The Morgan fingerprint density at radius 3 is 2.61 bits per heavy atom. The fraction of sp³-hybridized carbons (Fsp3) is 0.417. The molecule has 28 heavy (non-hydrogen) atoms. The second-order valence-electron chi connectivity index (χ2n) is 8.13. The summed E-state index contributed by atoms with van der Waals surface area (Å²) in [5.41, 5.74) is 5.38. The second kappa shape index (κ2) is 8.59. The molecular formula is C24H30N2O2. The highest BCUT2D eigenvalue weighted by atomic mass is 16.2. The van der Waals surface area contributed by atoms with E-state index in [0.29, 0.717) is 6.42 Å². The first kappa shape index (κ1) is 20.1. The minimum absolute atomic E-state index is 0.00155. The number of benzene rings is 2. The standard InChI is InChI=1S/C24H30N2O2/c1-16(2)23(27)25-21-12-6-9-19(15-21)14-18(4)24(28)26-13-7-11-20-10-5-8-17(3)22(20)26/h5-6,8-10,12,15-16,18H,7,11,13-14H2,1-4H3,(H,25,27). The van der Waals surface area contributed by atoms with E-state index in [-0.39, 0.29) is 23.7 Å². The van der Waals surface area contributed by atoms with Crippen LogP contribution in [-0.2, 0) is 22.4 Å². The van der Waals surface area contributed by atoms with Crippen LogP contribution in [0.5, 0.6) is 0 Å². The molecule has 2 amide bonds. The lowest BCUT2D eigenvalue weighted by Gasteiger charge is -2.33. The lowest BCUT2D eigenvalue weighted by Crippen LogP contribution is -2.40. The van der Waals surface area contributed by atoms with E-state index in [1.165, 1.54) is 5.56 Å². The third-order valence-electron chi connectivity index (χ3n) is 5.37. The Hall–Kier alpha value is -2.62. The number of hydrogen-bond acceptors (Lipinski definition) is 2. The highest BCUT2D eigenvalue weighted by Crippen LogP contribution is 2.32. The number of hydrogen-bond donors (Lipinski definition) is 1. The average molecular weight is 379 g/mol. The summed E-state index contributed by atoms with van der Waals surface area (Å²) in [4.78, 5) is 27.1. The van der Waals surface area contributed by atoms with Gasteiger partial charge in [0.2, 0.25) is 11.8 Å². The zero-order valence-electron chi connectivity index (χ0n) is 17.3. The molecule has 0 saturated heterocycles. The van der Waals surface area contributed by atoms with E-state index >= 15 is 0 Å². The van der Waals surface area contributed by atoms with Crippen LogP contribution >= 0.6 is 0 Å². The number of para-hydroxylation sites is 1. The van der Waals surface area contributed by atoms with E-state index < -0.39 is 0 Å². The highest BCUT2D eigenvalue weighted by molar-refractivity contribution is 5.97. The van der Waals surface area contributed by atoms with Crippen LogP contribution in [0, 0.1) is 18.8 Å². The topological polar surface area (TPSA) is 49.4 Å². The molecular weight excluding hydrogens is 348 g/mol. The lowest BCUT2D eigenvalue weighted by atomic mass is 9.94. The molecule has 0 fully saturated rings. The molecule has 2 aromatic rings. The first-order valence-corrected chi connectivity index (χ1v) is 10.2. The molecule has 1 atom stereocenters. The van der Waals surface area contributed by atoms with Crippen LogP contribution in [0.4, 0.5) is 11.4 Å². The Balaban J connectivity index is 1.73. The van der Waals surface area contributed by atoms with Gasteiger partial charge in [0, 0.05) is 29.8 Å². The molecule has 0 spiro atoms. The van der Waals surface area contributed by atoms with Crippen molar-refractivity contribution in [3.63, 3.8) is 0 Å². The number of aryl methyl sites for hydroxylation is 2. The van der Waals surface area contributed by atoms with Gasteiger partial charge in [-0.1, -0.05) is 51.1 Å². The molecule has 4 heteroatoms. The number of fused-ring (bicyclic) bond motifs is 1. The van der Waals surface area contributed by atoms with Crippen LogP contribution in [0.3, 0.4) is 0 Å². The van der Waals surface area contributed by atoms with E-state index in [1.54, 1.807) is 0 Å². The van der Waals surface area contributed by atoms with E-state index in [4.69, 9.17) is 0 Å². The number of carbonyl (C=O) groups excluding carboxylic acids is 2. The minimum Gasteiger partial charge on any atom is -0.326 e. The van der Waals surface area contributed by atoms with Crippen molar-refractivity contribution in [1.82, 2.24) is 0 Å². The van der Waals surface area contributed by atoms with Crippen LogP contribution in [-0.4, -0.2) is 18.4 Å². The lowest BCUT2D eigenvalue weighted by molar-refractivity contribution is -0.122. The van der Waals surface area contributed by atoms with Crippen LogP contribution in [0.1, 0.15) is 43.9 Å². The first-order valence-electron chi connectivity index (χ1n) is 10.2. The molecule has 1 N–H and O–H groups in total. The third-order valence-corrected chi connectivity index (χ3v) is 5.37. The van der Waals surface area contributed by atoms with E-state index in [0.717, 1.165) is 41.9 Å². The molecule has 1 heterocycles. The Bertz CT molecular complexity index is 873. The van der Waals surface area contributed by atoms with Gasteiger partial charge in [-0.25, -0.2) is 0 Å². The Labute approximate surface area is 167 Å². The molecule has 0 saturated carbocycles. The van der Waals surface area contributed by atoms with Crippen molar-refractivity contribution in [2.24, 2.45) is 11.8 Å². The number of nitrogens with zero attached hydrogens (tertiary/aromatic N) is 1. The van der Waals surface area contributed by atoms with Crippen molar-refractivity contribution in [2.75, 3.05) is 16.8 Å². The third kappa shape index (κ3) is 4.44. The summed E-state index contributed by atoms with van der Waals surface area (Å²) >= 11 is 0. The fourth-order valence-electron chi connectivity index (χ4n) is 3.84. The largest absolute Gasteiger partial charge is 0.326 e. The minimum atomic E-state index is -0.124. The van der Waals surface area contributed by atoms with Gasteiger partial charge in [0.15, 0.2) is 0 Å². The molecule has 1 unspecified atom stereocenters. The van der Waals surface area contributed by atoms with E-state index in [2.05, 4.69) is 30.4 Å². The maximum absolute atomic E-state index is 13.2. The maximum atomic E-state index is 13.2. The van der Waals surface area contributed by atoms with Crippen LogP contribution in [0.2, 0.25) is 0 Å². The number of amides is 2. The average Bonchev–Trinajstić information content (AvgIpc) is 2.67. The zero-order valence-corrected chi connectivity index (χ0v) is 17.3. The van der Waals surface area contributed by atoms with Gasteiger partial charge < -0.3 is 10.2 Å². The van der Waals surface area contributed by atoms with Crippen molar-refractivity contribution < 1.29 is 9.59 Å². The van der Waals surface area contributed by atoms with Crippen molar-refractivity contribution in [1.29, 1.82) is 0 Å². The van der Waals surface area contributed by atoms with Crippen LogP contribution in [0.15, 0.2) is 42.5 Å². The predicted molar refractivity (Wildman–Crippen MR) is 115 cm³/mol. The molecule has 2 aromatic carbocycles. The predicted octanol–water partition coefficient (Wildman–Crippen LogP) is 4.75. The molecule has 148 valence electrons. The number of anilines is 2. The summed E-state index contributed by atoms with van der Waals surface area (Å²) in [5, 5.41) is 2.93. The Kier molecular flexibility index (Phi) is 6.18. The number of carbonyl (C=O) groups is 2. The van der Waals surface area contributed by atoms with Gasteiger partial charge in [-0.15, -0.1) is 0 Å². The molecule has 0 bridgehead atoms. The van der Waals surface area contributed by atoms with Gasteiger partial charge in [0.1, 0.15) is 0 Å². The van der Waals surface area contributed by atoms with Gasteiger partial charge in [-0.2, -0.15) is 0 Å². The summed E-state index contributed by atoms with van der Waals surface area (Å²) in [6, 6.07) is 14.1. The number of nitrogens with one attached hydrogen (secondary N) is 1. The molecule has 1 aliphatic rings. The SMILES string of the molecule is Cc1cccc2c1N(C(=O)C(C)Cc1cccc(NC(=O)C(C)C)c1)CCC2. The smallest absolute Gasteiger partial charge is 0.230 e. The number of rotatable bonds is 5.